The van der Waals surface area contributed by atoms with Gasteiger partial charge >= 0.3 is 5.97 Å². The smallest absolute Gasteiger partial charge is 0.325 e. The Labute approximate surface area is 199 Å². The molecule has 2 rings (SSSR count). The molecule has 0 fully saturated rings. The third-order valence-corrected chi connectivity index (χ3v) is 4.93. The van der Waals surface area contributed by atoms with Gasteiger partial charge in [-0.2, -0.15) is 0 Å². The van der Waals surface area contributed by atoms with Crippen molar-refractivity contribution >= 4 is 21.9 Å². The van der Waals surface area contributed by atoms with Crippen molar-refractivity contribution in [1.82, 2.24) is 4.90 Å². The summed E-state index contributed by atoms with van der Waals surface area (Å²) in [6.07, 6.45) is -3.54. The molecular weight excluding hydrogens is 465 g/mol. The third kappa shape index (κ3) is 7.19. The molecule has 180 valence electrons. The molecule has 0 bridgehead atoms. The van der Waals surface area contributed by atoms with Gasteiger partial charge in [0.1, 0.15) is 29.7 Å². The van der Waals surface area contributed by atoms with Crippen molar-refractivity contribution < 1.29 is 50.2 Å². The number of nitrogens with two attached hydrogens (primary N) is 1. The molecule has 2 aromatic rings. The molecule has 0 saturated carbocycles. The summed E-state index contributed by atoms with van der Waals surface area (Å²) in [6.45, 7) is -7.83. The second-order valence-electron chi connectivity index (χ2n) is 6.35. The molecule has 0 aliphatic carbocycles. The van der Waals surface area contributed by atoms with Crippen molar-refractivity contribution in [3.8, 4) is 5.75 Å². The van der Waals surface area contributed by atoms with Crippen LogP contribution < -0.4 is 9.88 Å². The maximum atomic E-state index is 14.6. The normalized spacial score (nSPS) is 15.6. The van der Waals surface area contributed by atoms with Crippen LogP contribution in [0.25, 0.3) is 0 Å². The Bertz CT molecular complexity index is 1410. The highest BCUT2D eigenvalue weighted by molar-refractivity contribution is 7.89. The van der Waals surface area contributed by atoms with Crippen molar-refractivity contribution in [2.75, 3.05) is 19.7 Å². The number of ether oxygens (including phenoxy) is 2. The predicted molar refractivity (Wildman–Crippen MR) is 111 cm³/mol. The van der Waals surface area contributed by atoms with Crippen LogP contribution in [-0.2, 0) is 37.3 Å². The van der Waals surface area contributed by atoms with Gasteiger partial charge in [-0.15, -0.1) is 0 Å². The Kier molecular flexibility index (Phi) is 5.87. The zero-order valence-corrected chi connectivity index (χ0v) is 17.8. The number of carbonyl (C=O) groups is 2. The van der Waals surface area contributed by atoms with E-state index in [0.29, 0.717) is 11.0 Å². The molecule has 0 saturated heterocycles. The summed E-state index contributed by atoms with van der Waals surface area (Å²) in [7, 11) is -4.31. The number of halogens is 3. The van der Waals surface area contributed by atoms with E-state index in [2.05, 4.69) is 0 Å². The molecule has 12 heteroatoms. The Hall–Kier alpha value is -3.12. The lowest BCUT2D eigenvalue weighted by molar-refractivity contribution is -0.150. The van der Waals surface area contributed by atoms with Crippen LogP contribution in [0, 0.1) is 17.5 Å². The minimum absolute atomic E-state index is 0.129. The molecule has 2 aromatic carbocycles. The van der Waals surface area contributed by atoms with Gasteiger partial charge in [-0.05, 0) is 25.4 Å². The zero-order valence-electron chi connectivity index (χ0n) is 24.0. The molecule has 0 aliphatic rings. The van der Waals surface area contributed by atoms with Crippen molar-refractivity contribution in [2.45, 2.75) is 31.6 Å². The van der Waals surface area contributed by atoms with Crippen LogP contribution in [0.15, 0.2) is 35.2 Å². The Balaban J connectivity index is 2.55. The zero-order chi connectivity index (χ0) is 30.8. The maximum absolute atomic E-state index is 14.6. The highest BCUT2D eigenvalue weighted by Crippen LogP contribution is 2.24. The summed E-state index contributed by atoms with van der Waals surface area (Å²) in [4.78, 5) is 25.0. The Morgan fingerprint density at radius 3 is 2.52 bits per heavy atom. The molecule has 0 unspecified atom stereocenters. The molecule has 1 amide bonds. The average molecular weight is 496 g/mol. The molecule has 0 heterocycles. The van der Waals surface area contributed by atoms with Gasteiger partial charge < -0.3 is 14.4 Å². The standard InChI is InChI=1S/C21H23F3N2O6S/c1-3-16-18(24)7-14(22)8-19(16)32-12-20(27)26(11-21(28)31-4-2)10-13-5-6-15(9-17(13)23)33(25,29)30/h5-9H,3-4,10-12H2,1-2H3,(H2,25,29,30)/i1D3,3D2,12D2. The number of hydrogen-bond acceptors (Lipinski definition) is 6. The fourth-order valence-corrected chi connectivity index (χ4v) is 3.04. The minimum Gasteiger partial charge on any atom is -0.483 e. The van der Waals surface area contributed by atoms with E-state index in [4.69, 9.17) is 24.2 Å². The first-order chi connectivity index (χ1) is 18.1. The molecule has 0 atom stereocenters. The second kappa shape index (κ2) is 11.1. The van der Waals surface area contributed by atoms with Crippen LogP contribution in [0.2, 0.25) is 0 Å². The highest BCUT2D eigenvalue weighted by Gasteiger charge is 2.22. The highest BCUT2D eigenvalue weighted by atomic mass is 32.2. The molecule has 0 radical (unpaired) electrons. The van der Waals surface area contributed by atoms with Gasteiger partial charge in [0.2, 0.25) is 10.0 Å². The van der Waals surface area contributed by atoms with Gasteiger partial charge in [-0.25, -0.2) is 26.7 Å². The lowest BCUT2D eigenvalue weighted by Gasteiger charge is -2.23. The van der Waals surface area contributed by atoms with E-state index in [0.717, 1.165) is 12.1 Å². The van der Waals surface area contributed by atoms with Gasteiger partial charge in [0.05, 0.1) is 14.2 Å². The van der Waals surface area contributed by atoms with Gasteiger partial charge in [0.15, 0.2) is 6.56 Å². The molecule has 0 aromatic heterocycles. The second-order valence-corrected chi connectivity index (χ2v) is 7.92. The predicted octanol–water partition coefficient (Wildman–Crippen LogP) is 2.28. The van der Waals surface area contributed by atoms with Crippen LogP contribution in [-0.4, -0.2) is 44.9 Å². The lowest BCUT2D eigenvalue weighted by Crippen LogP contribution is -2.39. The SMILES string of the molecule is [2H]C([2H])(Oc1cc(F)cc(F)c1C([2H])([2H])C([2H])([2H])[2H])C(=O)N(CC(=O)OCC)Cc1ccc(S(N)(=O)=O)cc1F. The molecular formula is C21H23F3N2O6S. The number of sulfonamides is 1. The van der Waals surface area contributed by atoms with Gasteiger partial charge in [0, 0.05) is 36.7 Å². The van der Waals surface area contributed by atoms with Gasteiger partial charge in [-0.3, -0.25) is 9.59 Å². The number of carbonyl (C=O) groups excluding carboxylic acids is 2. The Morgan fingerprint density at radius 2 is 1.91 bits per heavy atom. The van der Waals surface area contributed by atoms with E-state index in [1.807, 2.05) is 0 Å². The Morgan fingerprint density at radius 1 is 1.18 bits per heavy atom. The summed E-state index contributed by atoms with van der Waals surface area (Å²) < 4.78 is 130. The first-order valence-electron chi connectivity index (χ1n) is 12.6. The fourth-order valence-electron chi connectivity index (χ4n) is 2.52. The fraction of sp³-hybridized carbons (Fsp3) is 0.333. The summed E-state index contributed by atoms with van der Waals surface area (Å²) >= 11 is 0. The topological polar surface area (TPSA) is 116 Å². The van der Waals surface area contributed by atoms with Crippen LogP contribution in [0.4, 0.5) is 13.2 Å². The van der Waals surface area contributed by atoms with Gasteiger partial charge in [0.25, 0.3) is 5.91 Å². The molecule has 2 N–H and O–H groups in total. The monoisotopic (exact) mass is 495 g/mol. The summed E-state index contributed by atoms with van der Waals surface area (Å²) in [5.74, 6) is -8.54. The number of esters is 1. The summed E-state index contributed by atoms with van der Waals surface area (Å²) in [6, 6.07) is 2.67. The van der Waals surface area contributed by atoms with E-state index < -0.39 is 94.0 Å². The average Bonchev–Trinajstić information content (AvgIpc) is 2.77. The van der Waals surface area contributed by atoms with Crippen LogP contribution in [0.1, 0.15) is 34.5 Å². The van der Waals surface area contributed by atoms with E-state index >= 15 is 0 Å². The largest absolute Gasteiger partial charge is 0.483 e. The molecule has 8 nitrogen and oxygen atoms in total. The first kappa shape index (κ1) is 17.4. The number of nitrogens with zero attached hydrogens (tertiary/aromatic N) is 1. The first-order valence-corrected chi connectivity index (χ1v) is 10.6. The molecule has 0 spiro atoms. The van der Waals surface area contributed by atoms with Crippen molar-refractivity contribution in [2.24, 2.45) is 5.14 Å². The van der Waals surface area contributed by atoms with Crippen LogP contribution in [0.3, 0.4) is 0 Å². The quantitative estimate of drug-likeness (QED) is 0.506. The van der Waals surface area contributed by atoms with E-state index in [1.54, 1.807) is 0 Å². The number of rotatable bonds is 10. The van der Waals surface area contributed by atoms with Crippen molar-refractivity contribution in [1.29, 1.82) is 0 Å². The van der Waals surface area contributed by atoms with E-state index in [-0.39, 0.29) is 18.7 Å². The number of primary sulfonamides is 1. The van der Waals surface area contributed by atoms with E-state index in [9.17, 15) is 31.2 Å². The maximum Gasteiger partial charge on any atom is 0.325 e. The van der Waals surface area contributed by atoms with Gasteiger partial charge in [-0.1, -0.05) is 12.9 Å². The van der Waals surface area contributed by atoms with Crippen LogP contribution >= 0.6 is 0 Å². The molecule has 33 heavy (non-hydrogen) atoms. The van der Waals surface area contributed by atoms with Crippen LogP contribution in [0.5, 0.6) is 5.75 Å². The summed E-state index contributed by atoms with van der Waals surface area (Å²) in [5, 5.41) is 4.94. The number of amides is 1. The van der Waals surface area contributed by atoms with Crippen molar-refractivity contribution in [3.05, 3.63) is 58.9 Å². The van der Waals surface area contributed by atoms with E-state index in [1.165, 1.54) is 6.92 Å². The molecule has 0 aliphatic heterocycles. The van der Waals surface area contributed by atoms with Crippen molar-refractivity contribution in [3.63, 3.8) is 0 Å². The summed E-state index contributed by atoms with van der Waals surface area (Å²) in [5.41, 5.74) is -1.83. The number of benzene rings is 2. The third-order valence-electron chi connectivity index (χ3n) is 4.02. The minimum atomic E-state index is -4.31. The number of hydrogen-bond donors (Lipinski definition) is 1. The lowest BCUT2D eigenvalue weighted by atomic mass is 10.1.